The molecule has 0 radical (unpaired) electrons. The van der Waals surface area contributed by atoms with Crippen LogP contribution in [0.5, 0.6) is 34.5 Å². The first kappa shape index (κ1) is 42.1. The van der Waals surface area contributed by atoms with Crippen molar-refractivity contribution < 1.29 is 35.1 Å². The van der Waals surface area contributed by atoms with Crippen molar-refractivity contribution in [1.29, 1.82) is 0 Å². The van der Waals surface area contributed by atoms with Gasteiger partial charge in [0.25, 0.3) is 0 Å². The predicted octanol–water partition coefficient (Wildman–Crippen LogP) is 14.4. The number of benzene rings is 4. The predicted molar refractivity (Wildman–Crippen MR) is 233 cm³/mol. The summed E-state index contributed by atoms with van der Waals surface area (Å²) < 4.78 is 13.1. The van der Waals surface area contributed by atoms with E-state index in [1.807, 2.05) is 0 Å². The molecular weight excluding hydrogens is 753 g/mol. The van der Waals surface area contributed by atoms with Gasteiger partial charge >= 0.3 is 344 Å². The summed E-state index contributed by atoms with van der Waals surface area (Å²) in [4.78, 5) is 0. The molecule has 7 heteroatoms. The van der Waals surface area contributed by atoms with E-state index in [2.05, 4.69) is 132 Å². The Bertz CT molecular complexity index is 1980. The molecule has 6 rings (SSSR count). The monoisotopic (exact) mass is 816 g/mol. The van der Waals surface area contributed by atoms with Crippen LogP contribution in [0.25, 0.3) is 0 Å². The second-order valence-electron chi connectivity index (χ2n) is 18.3. The summed E-state index contributed by atoms with van der Waals surface area (Å²) in [6.45, 7) is 26.3. The van der Waals surface area contributed by atoms with Crippen LogP contribution >= 0.6 is 15.9 Å². The van der Waals surface area contributed by atoms with E-state index in [4.69, 9.17) is 9.47 Å². The Balaban J connectivity index is 1.42. The van der Waals surface area contributed by atoms with Gasteiger partial charge in [0.1, 0.15) is 0 Å². The topological polar surface area (TPSA) is 58.9 Å². The molecule has 1 heterocycles. The molecule has 0 aromatic heterocycles. The molecule has 4 aromatic rings. The van der Waals surface area contributed by atoms with Crippen molar-refractivity contribution in [3.63, 3.8) is 0 Å². The van der Waals surface area contributed by atoms with Gasteiger partial charge in [0.15, 0.2) is 0 Å². The second kappa shape index (κ2) is 16.8. The van der Waals surface area contributed by atoms with Crippen LogP contribution in [0, 0.1) is 41.5 Å². The van der Waals surface area contributed by atoms with Crippen molar-refractivity contribution in [3.05, 3.63) is 104 Å². The zero-order valence-corrected chi connectivity index (χ0v) is 38.7. The summed E-state index contributed by atoms with van der Waals surface area (Å²) in [5.74, 6) is 5.12. The second-order valence-corrected chi connectivity index (χ2v) is 29.8. The number of aryl methyl sites for hydroxylation is 4. The van der Waals surface area contributed by atoms with Gasteiger partial charge < -0.3 is 0 Å². The molecule has 4 aromatic carbocycles. The standard InChI is InChI=1S/C48H64O4S2.Ti/c1-29-19-39(20-30(2)33(29)5)51-41-25-37(47(7,8)9)23-35(45(41)49)27-53-43-17-15-13-14-16-18-44(43)54-28-36-24-38(48(10,11)12)26-42(46(36)50)52-40-21-31(3)34(6)32(4)22-40;/h19-26,43-44,49-50H,13-18,27-28H2,1-12H3;/t43-,44?;/m0./s1. The Kier molecular flexibility index (Phi) is 12.8. The average Bonchev–Trinajstić information content (AvgIpc) is 3.38. The van der Waals surface area contributed by atoms with Crippen molar-refractivity contribution >= 4 is 15.9 Å². The molecule has 296 valence electrons. The summed E-state index contributed by atoms with van der Waals surface area (Å²) >= 11 is -0.397. The molecule has 4 atom stereocenters. The Morgan fingerprint density at radius 1 is 0.545 bits per heavy atom. The van der Waals surface area contributed by atoms with Crippen molar-refractivity contribution in [1.82, 2.24) is 0 Å². The van der Waals surface area contributed by atoms with Crippen LogP contribution < -0.4 is 9.47 Å². The maximum absolute atomic E-state index is 12.0. The molecule has 0 saturated heterocycles. The minimum atomic E-state index is -0.397. The van der Waals surface area contributed by atoms with Gasteiger partial charge in [-0.15, -0.1) is 0 Å². The molecule has 0 bridgehead atoms. The van der Waals surface area contributed by atoms with Crippen LogP contribution in [0.15, 0.2) is 48.5 Å². The average molecular weight is 817 g/mol. The molecule has 1 aliphatic carbocycles. The van der Waals surface area contributed by atoms with Gasteiger partial charge in [-0.2, -0.15) is 0 Å². The molecule has 1 fully saturated rings. The first-order chi connectivity index (χ1) is 25.8. The third-order valence-corrected chi connectivity index (χ3v) is 27.9. The van der Waals surface area contributed by atoms with Crippen molar-refractivity contribution in [3.8, 4) is 34.5 Å². The number of hydrogen-bond acceptors (Lipinski definition) is 4. The fourth-order valence-corrected chi connectivity index (χ4v) is 28.7. The van der Waals surface area contributed by atoms with E-state index in [-0.39, 0.29) is 26.8 Å². The van der Waals surface area contributed by atoms with E-state index < -0.39 is 15.5 Å². The van der Waals surface area contributed by atoms with E-state index in [1.54, 1.807) is 0 Å². The number of hydrogen-bond donors (Lipinski definition) is 2. The zero-order valence-electron chi connectivity index (χ0n) is 35.5. The van der Waals surface area contributed by atoms with Crippen molar-refractivity contribution in [2.75, 3.05) is 0 Å². The molecular formula is C48H64O4S2Ti. The van der Waals surface area contributed by atoms with Crippen LogP contribution in [-0.2, 0) is 37.8 Å². The van der Waals surface area contributed by atoms with E-state index in [0.29, 0.717) is 33.5 Å². The van der Waals surface area contributed by atoms with Crippen LogP contribution in [0.2, 0.25) is 0 Å². The van der Waals surface area contributed by atoms with E-state index in [1.165, 1.54) is 83.0 Å². The van der Waals surface area contributed by atoms with Crippen LogP contribution in [0.3, 0.4) is 0 Å². The van der Waals surface area contributed by atoms with Crippen LogP contribution in [0.1, 0.15) is 136 Å². The summed E-state index contributed by atoms with van der Waals surface area (Å²) in [5.41, 5.74) is 11.6. The first-order valence-corrected chi connectivity index (χ1v) is 26.9. The number of phenolic OH excluding ortho intramolecular Hbond substituents is 2. The third-order valence-electron chi connectivity index (χ3n) is 12.0. The van der Waals surface area contributed by atoms with Gasteiger partial charge in [0, 0.05) is 0 Å². The van der Waals surface area contributed by atoms with Crippen molar-refractivity contribution in [2.24, 2.45) is 0 Å². The molecule has 4 nitrogen and oxygen atoms in total. The number of phenols is 2. The molecule has 2 N–H and O–H groups in total. The number of rotatable bonds is 8. The fraction of sp³-hybridized carbons (Fsp3) is 0.500. The third kappa shape index (κ3) is 9.62. The molecule has 0 spiro atoms. The first-order valence-electron chi connectivity index (χ1n) is 20.2. The summed E-state index contributed by atoms with van der Waals surface area (Å²) in [6, 6.07) is 17.0. The SMILES string of the molecule is Cc1cc(Oc2cc(C(C)(C)C)cc(C[S]3=[Ti]=[S](Cc4cc(C(C)(C)C)cc(Oc5cc(C)c(C)c(C)c5)c4O)[C@H]4CCCCCCC43)c2O)cc(C)c1C. The molecule has 3 unspecified atom stereocenters. The molecule has 1 aliphatic heterocycles. The molecule has 0 amide bonds. The van der Waals surface area contributed by atoms with Gasteiger partial charge in [0.05, 0.1) is 0 Å². The van der Waals surface area contributed by atoms with Crippen molar-refractivity contribution in [2.45, 2.75) is 154 Å². The minimum absolute atomic E-state index is 0.0901. The Morgan fingerprint density at radius 2 is 0.891 bits per heavy atom. The van der Waals surface area contributed by atoms with Gasteiger partial charge in [0.2, 0.25) is 0 Å². The summed E-state index contributed by atoms with van der Waals surface area (Å²) in [7, 11) is 0.415. The van der Waals surface area contributed by atoms with Gasteiger partial charge in [-0.05, 0) is 0 Å². The molecule has 55 heavy (non-hydrogen) atoms. The summed E-state index contributed by atoms with van der Waals surface area (Å²) in [5, 5.41) is 25.3. The quantitative estimate of drug-likeness (QED) is 0.174. The van der Waals surface area contributed by atoms with Crippen LogP contribution in [0.4, 0.5) is 0 Å². The molecule has 2 aliphatic rings. The van der Waals surface area contributed by atoms with E-state index in [9.17, 15) is 10.2 Å². The van der Waals surface area contributed by atoms with E-state index >= 15 is 0 Å². The Morgan fingerprint density at radius 3 is 1.22 bits per heavy atom. The summed E-state index contributed by atoms with van der Waals surface area (Å²) in [6.07, 6.45) is 7.78. The number of ether oxygens (including phenoxy) is 2. The van der Waals surface area contributed by atoms with Gasteiger partial charge in [-0.1, -0.05) is 0 Å². The van der Waals surface area contributed by atoms with E-state index in [0.717, 1.165) is 34.1 Å². The van der Waals surface area contributed by atoms with Crippen LogP contribution in [-0.4, -0.2) is 20.7 Å². The molecule has 1 saturated carbocycles. The Hall–Kier alpha value is -2.51. The number of aromatic hydroxyl groups is 2. The fourth-order valence-electron chi connectivity index (χ4n) is 7.87. The maximum atomic E-state index is 12.0. The van der Waals surface area contributed by atoms with Gasteiger partial charge in [-0.25, -0.2) is 0 Å². The normalized spacial score (nSPS) is 20.2. The Labute approximate surface area is 342 Å². The number of fused-ring (bicyclic) bond motifs is 1. The van der Waals surface area contributed by atoms with Gasteiger partial charge in [-0.3, -0.25) is 0 Å². The zero-order chi connectivity index (χ0) is 40.0.